The van der Waals surface area contributed by atoms with Crippen molar-refractivity contribution in [3.8, 4) is 0 Å². The number of carbonyl (C=O) groups excluding carboxylic acids is 1. The first-order chi connectivity index (χ1) is 14.1. The van der Waals surface area contributed by atoms with E-state index in [9.17, 15) is 4.79 Å². The fourth-order valence-electron chi connectivity index (χ4n) is 3.53. The molecule has 7 heteroatoms. The number of aliphatic imine (C=N–C) groups is 1. The molecular weight excluding hydrogens is 386 g/mol. The van der Waals surface area contributed by atoms with Gasteiger partial charge in [-0.05, 0) is 36.2 Å². The SMILES string of the molecule is CN=C(NCCc1cccc(C(=O)NC)c1)N1CCN(c2ccccc2Cl)CC1. The quantitative estimate of drug-likeness (QED) is 0.584. The highest BCUT2D eigenvalue weighted by molar-refractivity contribution is 6.33. The zero-order chi connectivity index (χ0) is 20.6. The number of halogens is 1. The highest BCUT2D eigenvalue weighted by Crippen LogP contribution is 2.26. The van der Waals surface area contributed by atoms with E-state index in [1.165, 1.54) is 0 Å². The van der Waals surface area contributed by atoms with Crippen LogP contribution in [0.5, 0.6) is 0 Å². The predicted molar refractivity (Wildman–Crippen MR) is 120 cm³/mol. The van der Waals surface area contributed by atoms with Crippen LogP contribution in [0.4, 0.5) is 5.69 Å². The molecule has 0 radical (unpaired) electrons. The minimum absolute atomic E-state index is 0.0630. The fourth-order valence-corrected chi connectivity index (χ4v) is 3.79. The van der Waals surface area contributed by atoms with Crippen LogP contribution in [0.3, 0.4) is 0 Å². The number of guanidine groups is 1. The van der Waals surface area contributed by atoms with Gasteiger partial charge in [0.2, 0.25) is 0 Å². The summed E-state index contributed by atoms with van der Waals surface area (Å²) < 4.78 is 0. The van der Waals surface area contributed by atoms with Crippen molar-refractivity contribution in [3.63, 3.8) is 0 Å². The van der Waals surface area contributed by atoms with Crippen LogP contribution in [0.2, 0.25) is 5.02 Å². The molecule has 2 N–H and O–H groups in total. The maximum absolute atomic E-state index is 11.8. The van der Waals surface area contributed by atoms with Gasteiger partial charge in [0.25, 0.3) is 5.91 Å². The molecule has 1 fully saturated rings. The monoisotopic (exact) mass is 413 g/mol. The smallest absolute Gasteiger partial charge is 0.251 e. The van der Waals surface area contributed by atoms with Crippen LogP contribution < -0.4 is 15.5 Å². The Bertz CT molecular complexity index is 862. The van der Waals surface area contributed by atoms with Crippen molar-refractivity contribution in [1.29, 1.82) is 0 Å². The van der Waals surface area contributed by atoms with Crippen LogP contribution in [-0.4, -0.2) is 63.6 Å². The molecule has 2 aromatic carbocycles. The highest BCUT2D eigenvalue weighted by atomic mass is 35.5. The molecule has 0 aromatic heterocycles. The molecule has 0 bridgehead atoms. The second kappa shape index (κ2) is 10.2. The van der Waals surface area contributed by atoms with Gasteiger partial charge in [-0.3, -0.25) is 9.79 Å². The van der Waals surface area contributed by atoms with Gasteiger partial charge in [0, 0.05) is 52.4 Å². The summed E-state index contributed by atoms with van der Waals surface area (Å²) >= 11 is 6.33. The number of amides is 1. The predicted octanol–water partition coefficient (Wildman–Crippen LogP) is 2.64. The first-order valence-corrected chi connectivity index (χ1v) is 10.3. The van der Waals surface area contributed by atoms with E-state index < -0.39 is 0 Å². The topological polar surface area (TPSA) is 60.0 Å². The molecule has 0 spiro atoms. The van der Waals surface area contributed by atoms with Crippen LogP contribution >= 0.6 is 11.6 Å². The number of hydrogen-bond donors (Lipinski definition) is 2. The summed E-state index contributed by atoms with van der Waals surface area (Å²) in [6.07, 6.45) is 0.823. The lowest BCUT2D eigenvalue weighted by Crippen LogP contribution is -2.52. The van der Waals surface area contributed by atoms with Gasteiger partial charge in [-0.15, -0.1) is 0 Å². The molecule has 0 unspecified atom stereocenters. The van der Waals surface area contributed by atoms with E-state index in [0.29, 0.717) is 5.56 Å². The first kappa shape index (κ1) is 21.0. The minimum atomic E-state index is -0.0630. The summed E-state index contributed by atoms with van der Waals surface area (Å²) in [7, 11) is 3.46. The molecule has 0 atom stereocenters. The molecule has 0 saturated carbocycles. The molecule has 29 heavy (non-hydrogen) atoms. The number of rotatable bonds is 5. The van der Waals surface area contributed by atoms with Gasteiger partial charge in [0.1, 0.15) is 0 Å². The van der Waals surface area contributed by atoms with E-state index >= 15 is 0 Å². The zero-order valence-corrected chi connectivity index (χ0v) is 17.7. The van der Waals surface area contributed by atoms with Gasteiger partial charge in [0.05, 0.1) is 10.7 Å². The highest BCUT2D eigenvalue weighted by Gasteiger charge is 2.20. The molecule has 3 rings (SSSR count). The van der Waals surface area contributed by atoms with E-state index in [0.717, 1.165) is 61.4 Å². The fraction of sp³-hybridized carbons (Fsp3) is 0.364. The van der Waals surface area contributed by atoms with E-state index in [1.807, 2.05) is 49.5 Å². The Balaban J connectivity index is 1.50. The van der Waals surface area contributed by atoms with Crippen LogP contribution in [0, 0.1) is 0 Å². The lowest BCUT2D eigenvalue weighted by Gasteiger charge is -2.38. The van der Waals surface area contributed by atoms with Crippen molar-refractivity contribution in [2.24, 2.45) is 4.99 Å². The van der Waals surface area contributed by atoms with E-state index in [4.69, 9.17) is 11.6 Å². The molecule has 1 heterocycles. The normalized spacial score (nSPS) is 14.7. The number of carbonyl (C=O) groups is 1. The van der Waals surface area contributed by atoms with Crippen LogP contribution in [-0.2, 0) is 6.42 Å². The molecule has 1 aliphatic heterocycles. The Labute approximate surface area is 177 Å². The van der Waals surface area contributed by atoms with Crippen molar-refractivity contribution in [2.45, 2.75) is 6.42 Å². The number of hydrogen-bond acceptors (Lipinski definition) is 3. The molecule has 0 aliphatic carbocycles. The van der Waals surface area contributed by atoms with Crippen molar-refractivity contribution in [2.75, 3.05) is 51.7 Å². The molecule has 1 amide bonds. The van der Waals surface area contributed by atoms with E-state index in [1.54, 1.807) is 7.05 Å². The second-order valence-corrected chi connectivity index (χ2v) is 7.34. The maximum Gasteiger partial charge on any atom is 0.251 e. The van der Waals surface area contributed by atoms with Crippen LogP contribution in [0.25, 0.3) is 0 Å². The Morgan fingerprint density at radius 1 is 1.10 bits per heavy atom. The molecule has 1 aliphatic rings. The van der Waals surface area contributed by atoms with E-state index in [-0.39, 0.29) is 5.91 Å². The van der Waals surface area contributed by atoms with Gasteiger partial charge in [0.15, 0.2) is 5.96 Å². The number of piperazine rings is 1. The van der Waals surface area contributed by atoms with Crippen molar-refractivity contribution in [3.05, 3.63) is 64.7 Å². The van der Waals surface area contributed by atoms with Crippen molar-refractivity contribution >= 4 is 29.2 Å². The second-order valence-electron chi connectivity index (χ2n) is 6.93. The van der Waals surface area contributed by atoms with Gasteiger partial charge in [-0.1, -0.05) is 35.9 Å². The zero-order valence-electron chi connectivity index (χ0n) is 17.0. The average molecular weight is 414 g/mol. The van der Waals surface area contributed by atoms with Crippen LogP contribution in [0.1, 0.15) is 15.9 Å². The van der Waals surface area contributed by atoms with E-state index in [2.05, 4.69) is 31.5 Å². The number of nitrogens with one attached hydrogen (secondary N) is 2. The Kier molecular flexibility index (Phi) is 7.36. The largest absolute Gasteiger partial charge is 0.367 e. The average Bonchev–Trinajstić information content (AvgIpc) is 2.77. The number of benzene rings is 2. The number of anilines is 1. The molecular formula is C22H28ClN5O. The lowest BCUT2D eigenvalue weighted by molar-refractivity contribution is 0.0963. The third kappa shape index (κ3) is 5.41. The van der Waals surface area contributed by atoms with Gasteiger partial charge < -0.3 is 20.4 Å². The number of para-hydroxylation sites is 1. The lowest BCUT2D eigenvalue weighted by atomic mass is 10.1. The molecule has 2 aromatic rings. The summed E-state index contributed by atoms with van der Waals surface area (Å²) in [4.78, 5) is 20.8. The van der Waals surface area contributed by atoms with Crippen LogP contribution in [0.15, 0.2) is 53.5 Å². The summed E-state index contributed by atoms with van der Waals surface area (Å²) in [5, 5.41) is 6.90. The maximum atomic E-state index is 11.8. The molecule has 6 nitrogen and oxygen atoms in total. The Morgan fingerprint density at radius 3 is 2.55 bits per heavy atom. The summed E-state index contributed by atoms with van der Waals surface area (Å²) in [5.74, 6) is 0.846. The summed E-state index contributed by atoms with van der Waals surface area (Å²) in [5.41, 5.74) is 2.90. The molecule has 1 saturated heterocycles. The van der Waals surface area contributed by atoms with Gasteiger partial charge >= 0.3 is 0 Å². The third-order valence-electron chi connectivity index (χ3n) is 5.10. The standard InChI is InChI=1S/C22H28ClN5O/c1-24-21(29)18-7-5-6-17(16-18)10-11-26-22(25-2)28-14-12-27(13-15-28)20-9-4-3-8-19(20)23/h3-9,16H,10-15H2,1-2H3,(H,24,29)(H,25,26). The van der Waals surface area contributed by atoms with Gasteiger partial charge in [-0.25, -0.2) is 0 Å². The third-order valence-corrected chi connectivity index (χ3v) is 5.42. The minimum Gasteiger partial charge on any atom is -0.367 e. The van der Waals surface area contributed by atoms with Crippen molar-refractivity contribution < 1.29 is 4.79 Å². The summed E-state index contributed by atoms with van der Waals surface area (Å²) in [6.45, 7) is 4.33. The Morgan fingerprint density at radius 2 is 1.86 bits per heavy atom. The van der Waals surface area contributed by atoms with Gasteiger partial charge in [-0.2, -0.15) is 0 Å². The summed E-state index contributed by atoms with van der Waals surface area (Å²) in [6, 6.07) is 15.7. The van der Waals surface area contributed by atoms with Crippen molar-refractivity contribution in [1.82, 2.24) is 15.5 Å². The first-order valence-electron chi connectivity index (χ1n) is 9.88. The number of nitrogens with zero attached hydrogens (tertiary/aromatic N) is 3. The molecule has 154 valence electrons. The Hall–Kier alpha value is -2.73.